The Labute approximate surface area is 182 Å². The minimum atomic E-state index is -0.245. The van der Waals surface area contributed by atoms with E-state index in [1.807, 2.05) is 49.5 Å². The number of halogens is 1. The number of rotatable bonds is 6. The second-order valence-corrected chi connectivity index (χ2v) is 8.01. The zero-order valence-corrected chi connectivity index (χ0v) is 17.8. The topological polar surface area (TPSA) is 41.6 Å². The van der Waals surface area contributed by atoms with Crippen molar-refractivity contribution in [2.45, 2.75) is 31.2 Å². The summed E-state index contributed by atoms with van der Waals surface area (Å²) in [6.45, 7) is 0. The number of anilines is 1. The van der Waals surface area contributed by atoms with Gasteiger partial charge >= 0.3 is 0 Å². The first kappa shape index (κ1) is 21.1. The molecule has 0 bridgehead atoms. The second-order valence-electron chi connectivity index (χ2n) is 8.01. The second kappa shape index (κ2) is 9.31. The molecule has 31 heavy (non-hydrogen) atoms. The SMILES string of the molecule is CNC1CCC(c2ccc(N(C)C(=O)c3ccc(Oc4ccccc4)cc3)cc2F)C1. The lowest BCUT2D eigenvalue weighted by Crippen LogP contribution is -2.26. The number of para-hydroxylation sites is 1. The Morgan fingerprint density at radius 3 is 2.35 bits per heavy atom. The number of ether oxygens (including phenoxy) is 1. The number of carbonyl (C=O) groups excluding carboxylic acids is 1. The molecule has 0 radical (unpaired) electrons. The third-order valence-electron chi connectivity index (χ3n) is 6.04. The predicted molar refractivity (Wildman–Crippen MR) is 122 cm³/mol. The molecule has 2 atom stereocenters. The highest BCUT2D eigenvalue weighted by Gasteiger charge is 2.27. The average Bonchev–Trinajstić information content (AvgIpc) is 3.28. The van der Waals surface area contributed by atoms with Gasteiger partial charge in [0.05, 0.1) is 0 Å². The highest BCUT2D eigenvalue weighted by Crippen LogP contribution is 2.36. The third-order valence-corrected chi connectivity index (χ3v) is 6.04. The first-order chi connectivity index (χ1) is 15.0. The van der Waals surface area contributed by atoms with Crippen LogP contribution >= 0.6 is 0 Å². The summed E-state index contributed by atoms with van der Waals surface area (Å²) in [4.78, 5) is 14.4. The summed E-state index contributed by atoms with van der Waals surface area (Å²) in [5.74, 6) is 1.17. The van der Waals surface area contributed by atoms with Crippen molar-refractivity contribution in [3.63, 3.8) is 0 Å². The lowest BCUT2D eigenvalue weighted by molar-refractivity contribution is 0.0993. The van der Waals surface area contributed by atoms with Crippen molar-refractivity contribution in [1.29, 1.82) is 0 Å². The minimum absolute atomic E-state index is 0.200. The van der Waals surface area contributed by atoms with Crippen molar-refractivity contribution in [3.8, 4) is 11.5 Å². The fourth-order valence-corrected chi connectivity index (χ4v) is 4.18. The molecule has 1 N–H and O–H groups in total. The zero-order chi connectivity index (χ0) is 21.8. The van der Waals surface area contributed by atoms with Crippen LogP contribution in [0.1, 0.15) is 41.1 Å². The summed E-state index contributed by atoms with van der Waals surface area (Å²) in [5, 5.41) is 3.28. The highest BCUT2D eigenvalue weighted by atomic mass is 19.1. The van der Waals surface area contributed by atoms with Crippen LogP contribution in [0.25, 0.3) is 0 Å². The molecule has 3 aromatic rings. The van der Waals surface area contributed by atoms with Crippen molar-refractivity contribution in [2.24, 2.45) is 0 Å². The van der Waals surface area contributed by atoms with E-state index >= 15 is 0 Å². The molecule has 1 aliphatic carbocycles. The van der Waals surface area contributed by atoms with Crippen molar-refractivity contribution >= 4 is 11.6 Å². The maximum Gasteiger partial charge on any atom is 0.258 e. The van der Waals surface area contributed by atoms with Gasteiger partial charge in [0.2, 0.25) is 0 Å². The van der Waals surface area contributed by atoms with Crippen LogP contribution < -0.4 is 15.0 Å². The van der Waals surface area contributed by atoms with Crippen LogP contribution in [0, 0.1) is 5.82 Å². The van der Waals surface area contributed by atoms with Gasteiger partial charge in [-0.1, -0.05) is 24.3 Å². The molecule has 4 rings (SSSR count). The van der Waals surface area contributed by atoms with Gasteiger partial charge in [0.1, 0.15) is 17.3 Å². The minimum Gasteiger partial charge on any atom is -0.457 e. The molecule has 1 amide bonds. The Hall–Kier alpha value is -3.18. The van der Waals surface area contributed by atoms with Crippen molar-refractivity contribution in [3.05, 3.63) is 89.7 Å². The van der Waals surface area contributed by atoms with Crippen LogP contribution in [-0.4, -0.2) is 26.0 Å². The standard InChI is InChI=1S/C26H27FN2O2/c1-28-20-11-8-19(16-20)24-15-12-21(17-25(24)27)29(2)26(30)18-9-13-23(14-10-18)31-22-6-4-3-5-7-22/h3-7,9-10,12-15,17,19-20,28H,8,11,16H2,1-2H3. The molecule has 0 aromatic heterocycles. The lowest BCUT2D eigenvalue weighted by Gasteiger charge is -2.20. The Balaban J connectivity index is 1.44. The van der Waals surface area contributed by atoms with Gasteiger partial charge in [-0.3, -0.25) is 4.79 Å². The van der Waals surface area contributed by atoms with Crippen LogP contribution in [0.2, 0.25) is 0 Å². The Kier molecular flexibility index (Phi) is 6.33. The number of amides is 1. The van der Waals surface area contributed by atoms with Gasteiger partial charge in [0.15, 0.2) is 0 Å². The summed E-state index contributed by atoms with van der Waals surface area (Å²) < 4.78 is 20.6. The molecule has 4 nitrogen and oxygen atoms in total. The monoisotopic (exact) mass is 418 g/mol. The van der Waals surface area contributed by atoms with Gasteiger partial charge in [0.25, 0.3) is 5.91 Å². The Morgan fingerprint density at radius 2 is 1.71 bits per heavy atom. The lowest BCUT2D eigenvalue weighted by atomic mass is 9.96. The first-order valence-corrected chi connectivity index (χ1v) is 10.6. The zero-order valence-electron chi connectivity index (χ0n) is 17.8. The van der Waals surface area contributed by atoms with Gasteiger partial charge < -0.3 is 15.0 Å². The number of nitrogens with zero attached hydrogens (tertiary/aromatic N) is 1. The van der Waals surface area contributed by atoms with Gasteiger partial charge in [-0.2, -0.15) is 0 Å². The predicted octanol–water partition coefficient (Wildman–Crippen LogP) is 5.75. The number of hydrogen-bond acceptors (Lipinski definition) is 3. The van der Waals surface area contributed by atoms with E-state index in [0.29, 0.717) is 23.0 Å². The van der Waals surface area contributed by atoms with Crippen LogP contribution in [0.4, 0.5) is 10.1 Å². The third kappa shape index (κ3) is 4.78. The van der Waals surface area contributed by atoms with E-state index in [4.69, 9.17) is 4.74 Å². The van der Waals surface area contributed by atoms with Crippen LogP contribution in [0.5, 0.6) is 11.5 Å². The molecule has 1 aliphatic rings. The van der Waals surface area contributed by atoms with E-state index < -0.39 is 0 Å². The van der Waals surface area contributed by atoms with E-state index in [-0.39, 0.29) is 17.6 Å². The van der Waals surface area contributed by atoms with Gasteiger partial charge in [-0.15, -0.1) is 0 Å². The molecule has 0 heterocycles. The smallest absolute Gasteiger partial charge is 0.258 e. The van der Waals surface area contributed by atoms with E-state index in [0.717, 1.165) is 30.6 Å². The molecule has 160 valence electrons. The quantitative estimate of drug-likeness (QED) is 0.554. The van der Waals surface area contributed by atoms with Crippen LogP contribution in [0.3, 0.4) is 0 Å². The summed E-state index contributed by atoms with van der Waals surface area (Å²) in [6, 6.07) is 22.0. The molecule has 0 spiro atoms. The van der Waals surface area contributed by atoms with Crippen LogP contribution in [0.15, 0.2) is 72.8 Å². The van der Waals surface area contributed by atoms with E-state index in [1.165, 1.54) is 11.0 Å². The molecule has 3 aromatic carbocycles. The first-order valence-electron chi connectivity index (χ1n) is 10.6. The van der Waals surface area contributed by atoms with Crippen molar-refractivity contribution in [1.82, 2.24) is 5.32 Å². The number of carbonyl (C=O) groups is 1. The molecule has 2 unspecified atom stereocenters. The maximum absolute atomic E-state index is 14.8. The van der Waals surface area contributed by atoms with Gasteiger partial charge in [-0.05, 0) is 86.3 Å². The molecular formula is C26H27FN2O2. The number of benzene rings is 3. The van der Waals surface area contributed by atoms with Crippen LogP contribution in [-0.2, 0) is 0 Å². The fraction of sp³-hybridized carbons (Fsp3) is 0.269. The van der Waals surface area contributed by atoms with Crippen molar-refractivity contribution in [2.75, 3.05) is 19.0 Å². The Morgan fingerprint density at radius 1 is 1.00 bits per heavy atom. The largest absolute Gasteiger partial charge is 0.457 e. The Bertz CT molecular complexity index is 1040. The van der Waals surface area contributed by atoms with Gasteiger partial charge in [0, 0.05) is 24.3 Å². The average molecular weight is 419 g/mol. The molecular weight excluding hydrogens is 391 g/mol. The maximum atomic E-state index is 14.8. The van der Waals surface area contributed by atoms with Gasteiger partial charge in [-0.25, -0.2) is 4.39 Å². The summed E-state index contributed by atoms with van der Waals surface area (Å²) in [6.07, 6.45) is 2.98. The van der Waals surface area contributed by atoms with E-state index in [1.54, 1.807) is 31.3 Å². The molecule has 1 fully saturated rings. The molecule has 0 aliphatic heterocycles. The fourth-order valence-electron chi connectivity index (χ4n) is 4.18. The van der Waals surface area contributed by atoms with E-state index in [9.17, 15) is 9.18 Å². The normalized spacial score (nSPS) is 18.0. The summed E-state index contributed by atoms with van der Waals surface area (Å²) >= 11 is 0. The molecule has 0 saturated heterocycles. The number of hydrogen-bond donors (Lipinski definition) is 1. The molecule has 1 saturated carbocycles. The number of nitrogens with one attached hydrogen (secondary N) is 1. The van der Waals surface area contributed by atoms with Crippen molar-refractivity contribution < 1.29 is 13.9 Å². The highest BCUT2D eigenvalue weighted by molar-refractivity contribution is 6.05. The van der Waals surface area contributed by atoms with E-state index in [2.05, 4.69) is 5.32 Å². The summed E-state index contributed by atoms with van der Waals surface area (Å²) in [7, 11) is 3.62. The molecule has 5 heteroatoms. The summed E-state index contributed by atoms with van der Waals surface area (Å²) in [5.41, 5.74) is 1.80.